The summed E-state index contributed by atoms with van der Waals surface area (Å²) in [4.78, 5) is 70.0. The van der Waals surface area contributed by atoms with Crippen molar-refractivity contribution in [2.45, 2.75) is 223 Å². The average Bonchev–Trinajstić information content (AvgIpc) is 1.65. The zero-order chi connectivity index (χ0) is 101. The topological polar surface area (TPSA) is 309 Å². The van der Waals surface area contributed by atoms with Crippen LogP contribution in [-0.4, -0.2) is 167 Å². The first kappa shape index (κ1) is 85.5. The highest BCUT2D eigenvalue weighted by atomic mass is 19.1. The van der Waals surface area contributed by atoms with Crippen LogP contribution in [0.25, 0.3) is 51.0 Å². The van der Waals surface area contributed by atoms with Gasteiger partial charge in [-0.1, -0.05) is 26.3 Å². The second-order valence-corrected chi connectivity index (χ2v) is 37.5. The molecule has 15 aromatic heterocycles. The van der Waals surface area contributed by atoms with Gasteiger partial charge in [0, 0.05) is 145 Å². The van der Waals surface area contributed by atoms with Gasteiger partial charge in [-0.3, -0.25) is 29.7 Å². The predicted octanol–water partition coefficient (Wildman–Crippen LogP) is 16.7. The SMILES string of the molecule is [2H]C1(C)CCc2ncc(F)cc2C2CCCN2c2ccn3ncc(c3n2)C(=C)N1.[2H][C@@]1(C)CCc2ncc(F)cc2[C@@H]2CCCN2c2ccn3ncc(c3n2)C(=O)N1.[2H][C@@]1(C)CCc2ncc(F)cc2[C@H]2CCCN2c2ccn3ncc(c3n2)C(=C)N1.[2H][C@]1(C)CCc2ncc(F)cc2[C@@H]2CCCN2c2ccn3ncc(c3n2)C(=C)N1.[2H][C@]1(C)CCc2ncc(F)cc2[C@H]2CCCN2c2ccn3ncc(c3n2)C(=C)N1. The van der Waals surface area contributed by atoms with Crippen molar-refractivity contribution in [2.75, 3.05) is 57.2 Å². The number of hydrogen-bond donors (Lipinski definition) is 5. The van der Waals surface area contributed by atoms with Gasteiger partial charge in [0.2, 0.25) is 0 Å². The summed E-state index contributed by atoms with van der Waals surface area (Å²) in [5.74, 6) is 1.96. The zero-order valence-electron chi connectivity index (χ0n) is 83.8. The number of halogens is 5. The molecule has 2 unspecified atom stereocenters. The van der Waals surface area contributed by atoms with Crippen molar-refractivity contribution in [1.82, 2.24) is 124 Å². The van der Waals surface area contributed by atoms with Crippen molar-refractivity contribution in [1.29, 1.82) is 0 Å². The number of rotatable bonds is 0. The number of fused-ring (bicyclic) bond motifs is 25. The third-order valence-electron chi connectivity index (χ3n) is 28.2. The van der Waals surface area contributed by atoms with Crippen molar-refractivity contribution in [3.05, 3.63) is 293 Å². The van der Waals surface area contributed by atoms with E-state index in [1.54, 1.807) is 90.8 Å². The summed E-state index contributed by atoms with van der Waals surface area (Å²) in [6, 6.07) is 12.6. The lowest BCUT2D eigenvalue weighted by atomic mass is 9.98. The third-order valence-corrected chi connectivity index (χ3v) is 28.2. The van der Waals surface area contributed by atoms with Crippen LogP contribution in [0, 0.1) is 29.1 Å². The first-order valence-corrected chi connectivity index (χ1v) is 48.1. The van der Waals surface area contributed by atoms with E-state index in [0.29, 0.717) is 121 Å². The Kier molecular flexibility index (Phi) is 23.7. The Bertz CT molecular complexity index is 6570. The minimum absolute atomic E-state index is 0.0171. The van der Waals surface area contributed by atoms with Crippen LogP contribution in [0.3, 0.4) is 0 Å². The van der Waals surface area contributed by atoms with Crippen molar-refractivity contribution < 1.29 is 33.6 Å². The Labute approximate surface area is 813 Å². The third kappa shape index (κ3) is 18.5. The largest absolute Gasteiger partial charge is 0.382 e. The highest BCUT2D eigenvalue weighted by Crippen LogP contribution is 2.45. The number of carbonyl (C=O) groups excluding carboxylic acids is 1. The standard InChI is InChI=1S/4C21H23FN6.C20H21FN6O/c4*1-13-5-6-18-16(10-15(22)11-23-18)19-4-3-8-27(19)20-7-9-28-21(26-20)17(12-24-28)14(2)25-13;1-12-4-5-16-14(9-13(21)10-22-16)17-3-2-7-26(17)18-6-8-27-19(25-18)15(11-23-27)20(28)24-12/h4*7,9-13,19,25H,2-6,8H2,1H3;6,8-12,17H,2-5,7H2,1H3,(H,24,28)/t13-,19+;2*13-,19-;;12-,17+/m010.1/s1/i4*13D;12D. The molecular formula is C104H113F5N30O. The maximum Gasteiger partial charge on any atom is 0.256 e. The summed E-state index contributed by atoms with van der Waals surface area (Å²) < 4.78 is 122. The summed E-state index contributed by atoms with van der Waals surface area (Å²) in [6.07, 6.45) is 38.7. The molecule has 0 aliphatic carbocycles. The van der Waals surface area contributed by atoms with Gasteiger partial charge >= 0.3 is 0 Å². The molecule has 0 saturated carbocycles. The molecule has 140 heavy (non-hydrogen) atoms. The molecule has 25 heterocycles. The summed E-state index contributed by atoms with van der Waals surface area (Å²) in [7, 11) is 0. The normalized spacial score (nSPS) is 25.4. The molecular weight excluding hydrogens is 1780 g/mol. The molecule has 31 nitrogen and oxygen atoms in total. The number of anilines is 5. The van der Waals surface area contributed by atoms with Gasteiger partial charge in [0.25, 0.3) is 5.91 Å². The number of carbonyl (C=O) groups is 1. The minimum atomic E-state index is -1.21. The quantitative estimate of drug-likeness (QED) is 0.0881. The Morgan fingerprint density at radius 1 is 0.293 bits per heavy atom. The summed E-state index contributed by atoms with van der Waals surface area (Å²) in [6.45, 7) is 29.6. The van der Waals surface area contributed by atoms with E-state index >= 15 is 0 Å². The lowest BCUT2D eigenvalue weighted by Gasteiger charge is -2.27. The van der Waals surface area contributed by atoms with E-state index in [1.807, 2.05) is 82.8 Å². The van der Waals surface area contributed by atoms with Crippen LogP contribution in [0.1, 0.15) is 257 Å². The van der Waals surface area contributed by atoms with Crippen LogP contribution in [0.4, 0.5) is 51.0 Å². The van der Waals surface area contributed by atoms with Gasteiger partial charge in [-0.25, -0.2) is 69.4 Å². The number of hydrogen-bond acceptors (Lipinski definition) is 25. The van der Waals surface area contributed by atoms with Crippen LogP contribution in [0.5, 0.6) is 0 Å². The number of nitrogens with zero attached hydrogens (tertiary/aromatic N) is 25. The van der Waals surface area contributed by atoms with E-state index in [4.69, 9.17) is 31.8 Å². The lowest BCUT2D eigenvalue weighted by molar-refractivity contribution is 0.0939. The molecule has 0 radical (unpaired) electrons. The predicted molar refractivity (Wildman–Crippen MR) is 528 cm³/mol. The van der Waals surface area contributed by atoms with Crippen LogP contribution < -0.4 is 51.1 Å². The molecule has 10 aliphatic rings. The van der Waals surface area contributed by atoms with Crippen LogP contribution >= 0.6 is 0 Å². The second-order valence-electron chi connectivity index (χ2n) is 37.5. The van der Waals surface area contributed by atoms with Crippen molar-refractivity contribution >= 4 is 86.0 Å². The summed E-state index contributed by atoms with van der Waals surface area (Å²) in [5.41, 5.74) is 17.7. The lowest BCUT2D eigenvalue weighted by Crippen LogP contribution is -2.33. The first-order valence-electron chi connectivity index (χ1n) is 50.6. The van der Waals surface area contributed by atoms with E-state index in [9.17, 15) is 26.7 Å². The maximum atomic E-state index is 14.1. The smallest absolute Gasteiger partial charge is 0.256 e. The molecule has 36 heteroatoms. The van der Waals surface area contributed by atoms with E-state index in [1.165, 1.54) is 37.2 Å². The molecule has 0 aromatic carbocycles. The van der Waals surface area contributed by atoms with Gasteiger partial charge < -0.3 is 51.1 Å². The van der Waals surface area contributed by atoms with Crippen LogP contribution in [0.2, 0.25) is 0 Å². The van der Waals surface area contributed by atoms with Crippen LogP contribution in [-0.2, 0) is 32.1 Å². The molecule has 5 saturated heterocycles. The number of aromatic nitrogens is 20. The van der Waals surface area contributed by atoms with E-state index < -0.39 is 30.1 Å². The van der Waals surface area contributed by atoms with Gasteiger partial charge in [-0.05, 0) is 252 Å². The Morgan fingerprint density at radius 3 is 0.714 bits per heavy atom. The summed E-state index contributed by atoms with van der Waals surface area (Å²) in [5, 5.41) is 37.3. The molecule has 5 N–H and O–H groups in total. The number of amides is 1. The zero-order valence-corrected chi connectivity index (χ0v) is 78.8. The fraction of sp³-hybridized carbons (Fsp3) is 0.385. The minimum Gasteiger partial charge on any atom is -0.382 e. The highest BCUT2D eigenvalue weighted by molar-refractivity contribution is 6.00. The number of pyridine rings is 5. The Balaban J connectivity index is 0.000000107. The van der Waals surface area contributed by atoms with Gasteiger partial charge in [-0.2, -0.15) is 25.5 Å². The van der Waals surface area contributed by atoms with Crippen LogP contribution in [0.15, 0.2) is 180 Å². The Hall–Kier alpha value is -14.9. The molecule has 25 rings (SSSR count). The van der Waals surface area contributed by atoms with Crippen molar-refractivity contribution in [3.8, 4) is 0 Å². The summed E-state index contributed by atoms with van der Waals surface area (Å²) >= 11 is 0. The van der Waals surface area contributed by atoms with E-state index in [0.717, 1.165) is 205 Å². The number of nitrogens with one attached hydrogen (secondary N) is 5. The first-order chi connectivity index (χ1) is 69.6. The molecule has 5 fully saturated rings. The van der Waals surface area contributed by atoms with Gasteiger partial charge in [0.1, 0.15) is 63.7 Å². The van der Waals surface area contributed by atoms with Crippen molar-refractivity contribution in [2.24, 2.45) is 0 Å². The maximum absolute atomic E-state index is 14.1. The van der Waals surface area contributed by atoms with Gasteiger partial charge in [-0.15, -0.1) is 0 Å². The molecule has 10 aliphatic heterocycles. The van der Waals surface area contributed by atoms with Gasteiger partial charge in [0.05, 0.1) is 121 Å². The fourth-order valence-corrected chi connectivity index (χ4v) is 21.2. The molecule has 10 bridgehead atoms. The monoisotopic (exact) mass is 1900 g/mol. The van der Waals surface area contributed by atoms with E-state index in [2.05, 4.69) is 128 Å². The second kappa shape index (κ2) is 38.8. The Morgan fingerprint density at radius 2 is 0.493 bits per heavy atom. The van der Waals surface area contributed by atoms with E-state index in [-0.39, 0.29) is 65.2 Å². The molecule has 10 atom stereocenters. The van der Waals surface area contributed by atoms with Crippen molar-refractivity contribution in [3.63, 3.8) is 0 Å². The molecule has 1 amide bonds. The molecule has 0 spiro atoms. The highest BCUT2D eigenvalue weighted by Gasteiger charge is 2.39. The molecule has 720 valence electrons. The fourth-order valence-electron chi connectivity index (χ4n) is 21.2. The average molecular weight is 1900 g/mol. The molecule has 15 aromatic rings. The van der Waals surface area contributed by atoms with Gasteiger partial charge in [0.15, 0.2) is 28.2 Å². The number of aryl methyl sites for hydroxylation is 5.